The molecule has 2 fully saturated rings. The number of carbonyl (C=O) groups is 1. The molecule has 0 spiro atoms. The highest BCUT2D eigenvalue weighted by Gasteiger charge is 2.40. The van der Waals surface area contributed by atoms with Crippen LogP contribution in [0.25, 0.3) is 0 Å². The molecule has 0 aromatic rings. The van der Waals surface area contributed by atoms with Gasteiger partial charge in [-0.3, -0.25) is 4.79 Å². The molecular formula is C14H26N2OS. The van der Waals surface area contributed by atoms with E-state index in [1.165, 1.54) is 25.7 Å². The fourth-order valence-electron chi connectivity index (χ4n) is 2.92. The van der Waals surface area contributed by atoms with E-state index in [0.717, 1.165) is 12.3 Å². The van der Waals surface area contributed by atoms with Crippen LogP contribution in [-0.2, 0) is 4.79 Å². The Labute approximate surface area is 115 Å². The van der Waals surface area contributed by atoms with Crippen molar-refractivity contribution in [1.82, 2.24) is 4.90 Å². The van der Waals surface area contributed by atoms with Crippen molar-refractivity contribution in [3.8, 4) is 0 Å². The van der Waals surface area contributed by atoms with Crippen molar-refractivity contribution in [2.45, 2.75) is 63.8 Å². The lowest BCUT2D eigenvalue weighted by molar-refractivity contribution is -0.137. The van der Waals surface area contributed by atoms with E-state index in [-0.39, 0.29) is 17.4 Å². The van der Waals surface area contributed by atoms with E-state index in [4.69, 9.17) is 5.73 Å². The maximum atomic E-state index is 12.6. The number of nitrogens with zero attached hydrogens (tertiary/aromatic N) is 1. The number of hydrogen-bond acceptors (Lipinski definition) is 3. The van der Waals surface area contributed by atoms with Crippen LogP contribution in [0.15, 0.2) is 0 Å². The normalized spacial score (nSPS) is 30.8. The van der Waals surface area contributed by atoms with Crippen LogP contribution in [0.2, 0.25) is 0 Å². The quantitative estimate of drug-likeness (QED) is 0.795. The summed E-state index contributed by atoms with van der Waals surface area (Å²) in [4.78, 5) is 14.7. The summed E-state index contributed by atoms with van der Waals surface area (Å²) in [6.45, 7) is 7.03. The zero-order valence-electron chi connectivity index (χ0n) is 11.8. The third-order valence-electron chi connectivity index (χ3n) is 4.21. The summed E-state index contributed by atoms with van der Waals surface area (Å²) in [6.07, 6.45) is 5.02. The van der Waals surface area contributed by atoms with Gasteiger partial charge >= 0.3 is 0 Å². The first-order valence-corrected chi connectivity index (χ1v) is 8.14. The van der Waals surface area contributed by atoms with E-state index in [9.17, 15) is 4.79 Å². The molecule has 0 aromatic heterocycles. The number of nitrogens with two attached hydrogens (primary N) is 1. The molecule has 104 valence electrons. The highest BCUT2D eigenvalue weighted by atomic mass is 32.2. The van der Waals surface area contributed by atoms with Gasteiger partial charge in [-0.25, -0.2) is 0 Å². The van der Waals surface area contributed by atoms with Crippen molar-refractivity contribution in [2.75, 3.05) is 12.3 Å². The standard InChI is InChI=1S/C14H26N2OS/c1-14(2,3)12(15)13(17)16-8-9-18-11-7-5-4-6-10(11)16/h10-12H,4-9,15H2,1-3H3/t10?,11?,12-/m1/s1. The van der Waals surface area contributed by atoms with E-state index >= 15 is 0 Å². The van der Waals surface area contributed by atoms with Gasteiger partial charge < -0.3 is 10.6 Å². The van der Waals surface area contributed by atoms with Crippen LogP contribution in [0.3, 0.4) is 0 Å². The van der Waals surface area contributed by atoms with Gasteiger partial charge in [0.15, 0.2) is 0 Å². The maximum absolute atomic E-state index is 12.6. The molecule has 2 N–H and O–H groups in total. The van der Waals surface area contributed by atoms with Crippen LogP contribution in [0.1, 0.15) is 46.5 Å². The van der Waals surface area contributed by atoms with Crippen LogP contribution in [-0.4, -0.2) is 40.4 Å². The lowest BCUT2D eigenvalue weighted by Crippen LogP contribution is -2.58. The molecule has 2 rings (SSSR count). The van der Waals surface area contributed by atoms with Gasteiger partial charge in [0.1, 0.15) is 0 Å². The Kier molecular flexibility index (Phi) is 4.27. The van der Waals surface area contributed by atoms with Gasteiger partial charge in [-0.1, -0.05) is 33.6 Å². The highest BCUT2D eigenvalue weighted by molar-refractivity contribution is 8.00. The zero-order chi connectivity index (χ0) is 13.3. The number of rotatable bonds is 1. The van der Waals surface area contributed by atoms with Crippen molar-refractivity contribution < 1.29 is 4.79 Å². The van der Waals surface area contributed by atoms with Crippen LogP contribution < -0.4 is 5.73 Å². The first-order valence-electron chi connectivity index (χ1n) is 7.09. The molecule has 0 aromatic carbocycles. The van der Waals surface area contributed by atoms with Crippen molar-refractivity contribution in [3.05, 3.63) is 0 Å². The predicted octanol–water partition coefficient (Wildman–Crippen LogP) is 2.25. The minimum absolute atomic E-state index is 0.147. The molecule has 1 heterocycles. The molecule has 1 aliphatic heterocycles. The zero-order valence-corrected chi connectivity index (χ0v) is 12.6. The second-order valence-corrected chi connectivity index (χ2v) is 7.98. The van der Waals surface area contributed by atoms with Gasteiger partial charge in [-0.05, 0) is 18.3 Å². The van der Waals surface area contributed by atoms with E-state index in [1.807, 2.05) is 20.8 Å². The Morgan fingerprint density at radius 2 is 2.00 bits per heavy atom. The average molecular weight is 270 g/mol. The third kappa shape index (κ3) is 2.85. The molecule has 2 aliphatic rings. The van der Waals surface area contributed by atoms with Crippen molar-refractivity contribution >= 4 is 17.7 Å². The summed E-state index contributed by atoms with van der Waals surface area (Å²) in [5.74, 6) is 1.24. The van der Waals surface area contributed by atoms with E-state index in [0.29, 0.717) is 11.3 Å². The van der Waals surface area contributed by atoms with E-state index in [1.54, 1.807) is 0 Å². The molecule has 1 saturated heterocycles. The summed E-state index contributed by atoms with van der Waals surface area (Å²) < 4.78 is 0. The number of fused-ring (bicyclic) bond motifs is 1. The predicted molar refractivity (Wildman–Crippen MR) is 77.6 cm³/mol. The minimum atomic E-state index is -0.372. The number of amides is 1. The highest BCUT2D eigenvalue weighted by Crippen LogP contribution is 2.36. The number of carbonyl (C=O) groups excluding carboxylic acids is 1. The summed E-state index contributed by atoms with van der Waals surface area (Å²) in [5, 5.41) is 0.656. The van der Waals surface area contributed by atoms with Gasteiger partial charge in [0.25, 0.3) is 0 Å². The minimum Gasteiger partial charge on any atom is -0.336 e. The second kappa shape index (κ2) is 5.41. The first kappa shape index (κ1) is 14.2. The molecule has 3 atom stereocenters. The fraction of sp³-hybridized carbons (Fsp3) is 0.929. The Morgan fingerprint density at radius 1 is 1.33 bits per heavy atom. The summed E-state index contributed by atoms with van der Waals surface area (Å²) in [5.41, 5.74) is 6.00. The molecule has 1 amide bonds. The molecule has 18 heavy (non-hydrogen) atoms. The lowest BCUT2D eigenvalue weighted by atomic mass is 9.85. The van der Waals surface area contributed by atoms with Crippen molar-refractivity contribution in [3.63, 3.8) is 0 Å². The molecule has 0 radical (unpaired) electrons. The average Bonchev–Trinajstić information content (AvgIpc) is 2.35. The third-order valence-corrected chi connectivity index (χ3v) is 5.61. The molecule has 1 saturated carbocycles. The largest absolute Gasteiger partial charge is 0.336 e. The fourth-order valence-corrected chi connectivity index (χ4v) is 4.36. The van der Waals surface area contributed by atoms with E-state index in [2.05, 4.69) is 16.7 Å². The molecule has 1 aliphatic carbocycles. The first-order chi connectivity index (χ1) is 8.41. The molecule has 3 nitrogen and oxygen atoms in total. The van der Waals surface area contributed by atoms with E-state index < -0.39 is 0 Å². The summed E-state index contributed by atoms with van der Waals surface area (Å²) >= 11 is 2.05. The molecule has 2 unspecified atom stereocenters. The van der Waals surface area contributed by atoms with Crippen molar-refractivity contribution in [1.29, 1.82) is 0 Å². The van der Waals surface area contributed by atoms with Crippen molar-refractivity contribution in [2.24, 2.45) is 11.1 Å². The monoisotopic (exact) mass is 270 g/mol. The number of hydrogen-bond donors (Lipinski definition) is 1. The Hall–Kier alpha value is -0.220. The topological polar surface area (TPSA) is 46.3 Å². The Balaban J connectivity index is 2.09. The number of thioether (sulfide) groups is 1. The van der Waals surface area contributed by atoms with Crippen LogP contribution in [0.5, 0.6) is 0 Å². The maximum Gasteiger partial charge on any atom is 0.240 e. The molecular weight excluding hydrogens is 244 g/mol. The van der Waals surface area contributed by atoms with Gasteiger partial charge in [0.05, 0.1) is 6.04 Å². The molecule has 4 heteroatoms. The van der Waals surface area contributed by atoms with Gasteiger partial charge in [-0.15, -0.1) is 0 Å². The van der Waals surface area contributed by atoms with Gasteiger partial charge in [0, 0.05) is 23.6 Å². The SMILES string of the molecule is CC(C)(C)[C@H](N)C(=O)N1CCSC2CCCCC21. The summed E-state index contributed by atoms with van der Waals surface area (Å²) in [6, 6.07) is 0.0709. The summed E-state index contributed by atoms with van der Waals surface area (Å²) in [7, 11) is 0. The second-order valence-electron chi connectivity index (χ2n) is 6.64. The smallest absolute Gasteiger partial charge is 0.240 e. The Morgan fingerprint density at radius 3 is 2.67 bits per heavy atom. The van der Waals surface area contributed by atoms with Gasteiger partial charge in [0.2, 0.25) is 5.91 Å². The van der Waals surface area contributed by atoms with Crippen LogP contribution in [0, 0.1) is 5.41 Å². The lowest BCUT2D eigenvalue weighted by Gasteiger charge is -2.45. The molecule has 0 bridgehead atoms. The Bertz CT molecular complexity index is 311. The van der Waals surface area contributed by atoms with Crippen LogP contribution in [0.4, 0.5) is 0 Å². The van der Waals surface area contributed by atoms with Gasteiger partial charge in [-0.2, -0.15) is 11.8 Å². The van der Waals surface area contributed by atoms with Crippen LogP contribution >= 0.6 is 11.8 Å².